The molecule has 1 amide bonds. The van der Waals surface area contributed by atoms with E-state index in [4.69, 9.17) is 0 Å². The molecule has 1 aliphatic carbocycles. The summed E-state index contributed by atoms with van der Waals surface area (Å²) in [6, 6.07) is 6.91. The first kappa shape index (κ1) is 17.9. The number of aliphatic hydroxyl groups is 1. The summed E-state index contributed by atoms with van der Waals surface area (Å²) in [6.45, 7) is 3.62. The van der Waals surface area contributed by atoms with E-state index in [1.165, 1.54) is 12.1 Å². The van der Waals surface area contributed by atoms with Gasteiger partial charge >= 0.3 is 0 Å². The zero-order chi connectivity index (χ0) is 16.8. The lowest BCUT2D eigenvalue weighted by atomic mass is 9.90. The minimum atomic E-state index is -0.589. The van der Waals surface area contributed by atoms with Crippen molar-refractivity contribution < 1.29 is 14.3 Å². The third kappa shape index (κ3) is 5.92. The lowest BCUT2D eigenvalue weighted by Crippen LogP contribution is -2.44. The Hall–Kier alpha value is -1.46. The molecule has 0 bridgehead atoms. The highest BCUT2D eigenvalue weighted by Crippen LogP contribution is 2.22. The number of carbonyl (C=O) groups excluding carboxylic acids is 1. The van der Waals surface area contributed by atoms with Gasteiger partial charge in [0.1, 0.15) is 5.82 Å². The number of hydrogen-bond donors (Lipinski definition) is 3. The smallest absolute Gasteiger partial charge is 0.217 e. The van der Waals surface area contributed by atoms with Crippen molar-refractivity contribution in [3.8, 4) is 0 Å². The van der Waals surface area contributed by atoms with Crippen molar-refractivity contribution in [2.24, 2.45) is 0 Å². The molecule has 0 aliphatic heterocycles. The van der Waals surface area contributed by atoms with Crippen LogP contribution in [0.3, 0.4) is 0 Å². The fourth-order valence-electron chi connectivity index (χ4n) is 3.32. The largest absolute Gasteiger partial charge is 0.388 e. The minimum Gasteiger partial charge on any atom is -0.388 e. The highest BCUT2D eigenvalue weighted by Gasteiger charge is 2.23. The highest BCUT2D eigenvalue weighted by atomic mass is 19.1. The molecule has 1 fully saturated rings. The normalized spacial score (nSPS) is 24.0. The molecular weight excluding hydrogens is 295 g/mol. The van der Waals surface area contributed by atoms with Crippen LogP contribution in [0.5, 0.6) is 0 Å². The maximum atomic E-state index is 12.9. The van der Waals surface area contributed by atoms with Gasteiger partial charge in [0.05, 0.1) is 6.10 Å². The number of hydrogen-bond acceptors (Lipinski definition) is 3. The minimum absolute atomic E-state index is 0.0391. The van der Waals surface area contributed by atoms with Gasteiger partial charge in [-0.05, 0) is 56.7 Å². The fourth-order valence-corrected chi connectivity index (χ4v) is 3.32. The van der Waals surface area contributed by atoms with Gasteiger partial charge in [-0.3, -0.25) is 4.79 Å². The van der Waals surface area contributed by atoms with E-state index in [9.17, 15) is 14.3 Å². The molecule has 23 heavy (non-hydrogen) atoms. The van der Waals surface area contributed by atoms with E-state index < -0.39 is 6.10 Å². The van der Waals surface area contributed by atoms with Crippen molar-refractivity contribution in [1.82, 2.24) is 10.6 Å². The monoisotopic (exact) mass is 322 g/mol. The predicted octanol–water partition coefficient (Wildman–Crippen LogP) is 2.67. The van der Waals surface area contributed by atoms with Gasteiger partial charge in [0, 0.05) is 25.0 Å². The molecule has 0 heterocycles. The number of aliphatic hydroxyl groups excluding tert-OH is 1. The molecule has 0 unspecified atom stereocenters. The summed E-state index contributed by atoms with van der Waals surface area (Å²) in [4.78, 5) is 11.1. The van der Waals surface area contributed by atoms with E-state index >= 15 is 0 Å². The number of carbonyl (C=O) groups is 1. The van der Waals surface area contributed by atoms with Crippen molar-refractivity contribution in [2.75, 3.05) is 0 Å². The second-order valence-electron chi connectivity index (χ2n) is 6.62. The number of rotatable bonds is 6. The molecule has 0 aromatic heterocycles. The second kappa shape index (κ2) is 8.41. The molecule has 2 rings (SSSR count). The van der Waals surface area contributed by atoms with Gasteiger partial charge in [-0.15, -0.1) is 0 Å². The van der Waals surface area contributed by atoms with Gasteiger partial charge in [0.2, 0.25) is 5.91 Å². The van der Waals surface area contributed by atoms with Crippen LogP contribution in [-0.4, -0.2) is 29.1 Å². The van der Waals surface area contributed by atoms with E-state index in [0.29, 0.717) is 18.5 Å². The molecule has 0 radical (unpaired) electrons. The molecule has 0 spiro atoms. The Kier molecular flexibility index (Phi) is 6.54. The summed E-state index contributed by atoms with van der Waals surface area (Å²) in [7, 11) is 0. The van der Waals surface area contributed by atoms with Crippen molar-refractivity contribution in [3.63, 3.8) is 0 Å². The molecule has 1 aromatic rings. The summed E-state index contributed by atoms with van der Waals surface area (Å²) in [5.41, 5.74) is 0.745. The van der Waals surface area contributed by atoms with E-state index in [-0.39, 0.29) is 17.8 Å². The average Bonchev–Trinajstić information content (AvgIpc) is 2.49. The Labute approximate surface area is 137 Å². The van der Waals surface area contributed by atoms with Gasteiger partial charge in [0.15, 0.2) is 0 Å². The average molecular weight is 322 g/mol. The zero-order valence-electron chi connectivity index (χ0n) is 13.9. The Morgan fingerprint density at radius 3 is 2.35 bits per heavy atom. The molecule has 1 saturated carbocycles. The summed E-state index contributed by atoms with van der Waals surface area (Å²) in [5, 5.41) is 16.8. The van der Waals surface area contributed by atoms with Crippen LogP contribution in [0.1, 0.15) is 57.6 Å². The standard InChI is InChI=1S/C18H27FN2O2/c1-12(11-18(23)14-3-5-15(19)6-4-14)20-16-7-9-17(10-8-16)21-13(2)22/h3-6,12,16-18,20,23H,7-11H2,1-2H3,(H,21,22)/t12-,16?,17?,18+/m0/s1. The molecule has 1 aliphatic rings. The van der Waals surface area contributed by atoms with Crippen LogP contribution in [-0.2, 0) is 4.79 Å². The Morgan fingerprint density at radius 2 is 1.78 bits per heavy atom. The lowest BCUT2D eigenvalue weighted by Gasteiger charge is -2.32. The summed E-state index contributed by atoms with van der Waals surface area (Å²) in [6.07, 6.45) is 4.05. The van der Waals surface area contributed by atoms with E-state index in [1.54, 1.807) is 19.1 Å². The highest BCUT2D eigenvalue weighted by molar-refractivity contribution is 5.73. The van der Waals surface area contributed by atoms with Crippen LogP contribution in [0.15, 0.2) is 24.3 Å². The quantitative estimate of drug-likeness (QED) is 0.754. The first-order valence-corrected chi connectivity index (χ1v) is 8.40. The number of amides is 1. The fraction of sp³-hybridized carbons (Fsp3) is 0.611. The van der Waals surface area contributed by atoms with E-state index in [0.717, 1.165) is 31.2 Å². The van der Waals surface area contributed by atoms with Gasteiger partial charge in [-0.1, -0.05) is 12.1 Å². The first-order valence-electron chi connectivity index (χ1n) is 8.40. The van der Waals surface area contributed by atoms with E-state index in [2.05, 4.69) is 17.6 Å². The molecule has 3 N–H and O–H groups in total. The maximum Gasteiger partial charge on any atom is 0.217 e. The molecule has 5 heteroatoms. The van der Waals surface area contributed by atoms with Crippen molar-refractivity contribution in [1.29, 1.82) is 0 Å². The van der Waals surface area contributed by atoms with Gasteiger partial charge in [-0.25, -0.2) is 4.39 Å². The summed E-state index contributed by atoms with van der Waals surface area (Å²) < 4.78 is 12.9. The number of nitrogens with one attached hydrogen (secondary N) is 2. The summed E-state index contributed by atoms with van der Waals surface area (Å²) in [5.74, 6) is -0.250. The third-order valence-corrected chi connectivity index (χ3v) is 4.49. The second-order valence-corrected chi connectivity index (χ2v) is 6.62. The van der Waals surface area contributed by atoms with E-state index in [1.807, 2.05) is 0 Å². The van der Waals surface area contributed by atoms with Gasteiger partial charge in [-0.2, -0.15) is 0 Å². The molecule has 1 aromatic carbocycles. The Morgan fingerprint density at radius 1 is 1.22 bits per heavy atom. The van der Waals surface area contributed by atoms with Gasteiger partial charge in [0.25, 0.3) is 0 Å². The van der Waals surface area contributed by atoms with Crippen LogP contribution in [0, 0.1) is 5.82 Å². The topological polar surface area (TPSA) is 61.4 Å². The maximum absolute atomic E-state index is 12.9. The van der Waals surface area contributed by atoms with Crippen molar-refractivity contribution in [3.05, 3.63) is 35.6 Å². The SMILES string of the molecule is CC(=O)NC1CCC(N[C@@H](C)C[C@@H](O)c2ccc(F)cc2)CC1. The Bertz CT molecular complexity index is 498. The van der Waals surface area contributed by atoms with Crippen LogP contribution >= 0.6 is 0 Å². The van der Waals surface area contributed by atoms with Crippen LogP contribution in [0.4, 0.5) is 4.39 Å². The van der Waals surface area contributed by atoms with Crippen molar-refractivity contribution >= 4 is 5.91 Å². The van der Waals surface area contributed by atoms with Crippen LogP contribution < -0.4 is 10.6 Å². The summed E-state index contributed by atoms with van der Waals surface area (Å²) >= 11 is 0. The molecule has 128 valence electrons. The first-order chi connectivity index (χ1) is 10.9. The third-order valence-electron chi connectivity index (χ3n) is 4.49. The number of benzene rings is 1. The molecule has 0 saturated heterocycles. The molecular formula is C18H27FN2O2. The van der Waals surface area contributed by atoms with Gasteiger partial charge < -0.3 is 15.7 Å². The number of halogens is 1. The molecule has 4 nitrogen and oxygen atoms in total. The molecule has 2 atom stereocenters. The lowest BCUT2D eigenvalue weighted by molar-refractivity contribution is -0.119. The van der Waals surface area contributed by atoms with Crippen LogP contribution in [0.2, 0.25) is 0 Å². The predicted molar refractivity (Wildman–Crippen MR) is 88.4 cm³/mol. The van der Waals surface area contributed by atoms with Crippen LogP contribution in [0.25, 0.3) is 0 Å². The zero-order valence-corrected chi connectivity index (χ0v) is 13.9. The Balaban J connectivity index is 1.73. The van der Waals surface area contributed by atoms with Crippen molar-refractivity contribution in [2.45, 2.75) is 70.2 Å².